The van der Waals surface area contributed by atoms with Gasteiger partial charge in [0.15, 0.2) is 0 Å². The van der Waals surface area contributed by atoms with Gasteiger partial charge in [-0.15, -0.1) is 0 Å². The Balaban J connectivity index is 2.87. The lowest BCUT2D eigenvalue weighted by Gasteiger charge is -2.01. The third kappa shape index (κ3) is 3.54. The van der Waals surface area contributed by atoms with Crippen LogP contribution in [0.3, 0.4) is 0 Å². The van der Waals surface area contributed by atoms with Crippen molar-refractivity contribution < 1.29 is 0 Å². The molecule has 0 unspecified atom stereocenters. The van der Waals surface area contributed by atoms with Crippen molar-refractivity contribution in [3.05, 3.63) is 29.3 Å². The standard InChI is InChI=1S/C12H14N4/c1-10-3-4-11(8-15-6-2-5-13)12(7-10)16-9-14/h3-4,7-9H,2,6H2,1H3,(H2,14,16). The Labute approximate surface area is 95.1 Å². The first-order valence-corrected chi connectivity index (χ1v) is 4.99. The summed E-state index contributed by atoms with van der Waals surface area (Å²) >= 11 is 0. The van der Waals surface area contributed by atoms with Crippen LogP contribution in [0.5, 0.6) is 0 Å². The van der Waals surface area contributed by atoms with Crippen LogP contribution in [0.15, 0.2) is 28.2 Å². The van der Waals surface area contributed by atoms with Gasteiger partial charge in [0.25, 0.3) is 0 Å². The fourth-order valence-electron chi connectivity index (χ4n) is 1.23. The van der Waals surface area contributed by atoms with Crippen molar-refractivity contribution >= 4 is 18.2 Å². The Bertz CT molecular complexity index is 441. The first-order valence-electron chi connectivity index (χ1n) is 4.99. The van der Waals surface area contributed by atoms with Gasteiger partial charge in [0.05, 0.1) is 31.1 Å². The normalized spacial score (nSPS) is 11.0. The molecule has 82 valence electrons. The minimum atomic E-state index is 0.428. The molecule has 16 heavy (non-hydrogen) atoms. The highest BCUT2D eigenvalue weighted by molar-refractivity contribution is 5.87. The third-order valence-electron chi connectivity index (χ3n) is 1.98. The van der Waals surface area contributed by atoms with Gasteiger partial charge in [0, 0.05) is 11.8 Å². The van der Waals surface area contributed by atoms with E-state index in [-0.39, 0.29) is 0 Å². The number of benzene rings is 1. The first-order chi connectivity index (χ1) is 7.77. The molecule has 1 rings (SSSR count). The molecule has 2 N–H and O–H groups in total. The molecule has 0 aliphatic heterocycles. The Morgan fingerprint density at radius 2 is 2.31 bits per heavy atom. The molecular formula is C12H14N4. The molecule has 0 saturated carbocycles. The maximum Gasteiger partial charge on any atom is 0.0860 e. The summed E-state index contributed by atoms with van der Waals surface area (Å²) in [4.78, 5) is 8.20. The summed E-state index contributed by atoms with van der Waals surface area (Å²) in [7, 11) is 0. The van der Waals surface area contributed by atoms with Crippen molar-refractivity contribution in [3.63, 3.8) is 0 Å². The van der Waals surface area contributed by atoms with Gasteiger partial charge < -0.3 is 5.73 Å². The highest BCUT2D eigenvalue weighted by Crippen LogP contribution is 2.18. The van der Waals surface area contributed by atoms with Crippen molar-refractivity contribution in [3.8, 4) is 6.07 Å². The van der Waals surface area contributed by atoms with Gasteiger partial charge in [0.2, 0.25) is 0 Å². The summed E-state index contributed by atoms with van der Waals surface area (Å²) in [5.41, 5.74) is 8.10. The fraction of sp³-hybridized carbons (Fsp3) is 0.250. The maximum atomic E-state index is 8.37. The lowest BCUT2D eigenvalue weighted by molar-refractivity contribution is 1.02. The lowest BCUT2D eigenvalue weighted by Crippen LogP contribution is -1.90. The van der Waals surface area contributed by atoms with Crippen molar-refractivity contribution in [2.45, 2.75) is 13.3 Å². The minimum absolute atomic E-state index is 0.428. The lowest BCUT2D eigenvalue weighted by atomic mass is 10.1. The van der Waals surface area contributed by atoms with E-state index < -0.39 is 0 Å². The summed E-state index contributed by atoms with van der Waals surface area (Å²) in [5, 5.41) is 8.37. The number of aryl methyl sites for hydroxylation is 1. The molecule has 0 aliphatic carbocycles. The van der Waals surface area contributed by atoms with E-state index in [1.165, 1.54) is 6.34 Å². The van der Waals surface area contributed by atoms with E-state index in [0.717, 1.165) is 16.8 Å². The number of rotatable bonds is 4. The third-order valence-corrected chi connectivity index (χ3v) is 1.98. The zero-order valence-corrected chi connectivity index (χ0v) is 9.22. The van der Waals surface area contributed by atoms with Crippen molar-refractivity contribution in [1.29, 1.82) is 5.26 Å². The zero-order valence-electron chi connectivity index (χ0n) is 9.22. The highest BCUT2D eigenvalue weighted by atomic mass is 14.8. The predicted molar refractivity (Wildman–Crippen MR) is 66.2 cm³/mol. The Kier molecular flexibility index (Phi) is 4.74. The summed E-state index contributed by atoms with van der Waals surface area (Å²) in [6.07, 6.45) is 3.42. The molecule has 0 aromatic heterocycles. The van der Waals surface area contributed by atoms with Crippen LogP contribution in [0.4, 0.5) is 5.69 Å². The fourth-order valence-corrected chi connectivity index (χ4v) is 1.23. The molecule has 0 heterocycles. The smallest absolute Gasteiger partial charge is 0.0860 e. The average Bonchev–Trinajstić information content (AvgIpc) is 2.27. The second-order valence-electron chi connectivity index (χ2n) is 3.28. The van der Waals surface area contributed by atoms with Gasteiger partial charge in [-0.25, -0.2) is 4.99 Å². The molecule has 0 radical (unpaired) electrons. The molecule has 0 aliphatic rings. The summed E-state index contributed by atoms with van der Waals surface area (Å²) in [6, 6.07) is 7.90. The molecule has 0 bridgehead atoms. The van der Waals surface area contributed by atoms with Crippen LogP contribution in [-0.2, 0) is 0 Å². The quantitative estimate of drug-likeness (QED) is 0.472. The van der Waals surface area contributed by atoms with E-state index >= 15 is 0 Å². The van der Waals surface area contributed by atoms with Gasteiger partial charge in [0.1, 0.15) is 0 Å². The predicted octanol–water partition coefficient (Wildman–Crippen LogP) is 1.95. The van der Waals surface area contributed by atoms with Crippen LogP contribution in [0.2, 0.25) is 0 Å². The van der Waals surface area contributed by atoms with Crippen LogP contribution in [0.25, 0.3) is 0 Å². The highest BCUT2D eigenvalue weighted by Gasteiger charge is 1.97. The van der Waals surface area contributed by atoms with Gasteiger partial charge in [-0.3, -0.25) is 4.99 Å². The number of nitriles is 1. The van der Waals surface area contributed by atoms with Gasteiger partial charge in [-0.05, 0) is 18.6 Å². The van der Waals surface area contributed by atoms with Crippen LogP contribution in [0, 0.1) is 18.3 Å². The average molecular weight is 214 g/mol. The summed E-state index contributed by atoms with van der Waals surface area (Å²) in [5.74, 6) is 0. The number of hydrogen-bond donors (Lipinski definition) is 1. The maximum absolute atomic E-state index is 8.37. The summed E-state index contributed by atoms with van der Waals surface area (Å²) < 4.78 is 0. The minimum Gasteiger partial charge on any atom is -0.390 e. The molecule has 0 spiro atoms. The van der Waals surface area contributed by atoms with Crippen LogP contribution in [0.1, 0.15) is 17.5 Å². The molecular weight excluding hydrogens is 200 g/mol. The number of nitrogens with two attached hydrogens (primary N) is 1. The van der Waals surface area contributed by atoms with Gasteiger partial charge in [-0.2, -0.15) is 5.26 Å². The van der Waals surface area contributed by atoms with E-state index in [2.05, 4.69) is 9.98 Å². The first kappa shape index (κ1) is 11.9. The number of aliphatic imine (C=N–C) groups is 2. The van der Waals surface area contributed by atoms with Crippen molar-refractivity contribution in [1.82, 2.24) is 0 Å². The molecule has 4 heteroatoms. The number of nitrogens with zero attached hydrogens (tertiary/aromatic N) is 3. The van der Waals surface area contributed by atoms with Crippen LogP contribution >= 0.6 is 0 Å². The van der Waals surface area contributed by atoms with Gasteiger partial charge >= 0.3 is 0 Å². The Hall–Kier alpha value is -2.15. The Morgan fingerprint density at radius 3 is 3.00 bits per heavy atom. The molecule has 1 aromatic carbocycles. The second kappa shape index (κ2) is 6.36. The molecule has 1 aromatic rings. The molecule has 0 atom stereocenters. The van der Waals surface area contributed by atoms with E-state index in [4.69, 9.17) is 11.0 Å². The largest absolute Gasteiger partial charge is 0.390 e. The zero-order chi connectivity index (χ0) is 11.8. The molecule has 0 fully saturated rings. The monoisotopic (exact) mass is 214 g/mol. The van der Waals surface area contributed by atoms with Gasteiger partial charge in [-0.1, -0.05) is 12.1 Å². The van der Waals surface area contributed by atoms with Crippen molar-refractivity contribution in [2.24, 2.45) is 15.7 Å². The van der Waals surface area contributed by atoms with Crippen LogP contribution < -0.4 is 5.73 Å². The topological polar surface area (TPSA) is 74.5 Å². The second-order valence-corrected chi connectivity index (χ2v) is 3.28. The molecule has 0 amide bonds. The number of hydrogen-bond acceptors (Lipinski definition) is 3. The van der Waals surface area contributed by atoms with E-state index in [1.54, 1.807) is 6.21 Å². The molecule has 4 nitrogen and oxygen atoms in total. The molecule has 0 saturated heterocycles. The van der Waals surface area contributed by atoms with E-state index in [0.29, 0.717) is 13.0 Å². The van der Waals surface area contributed by atoms with Crippen LogP contribution in [-0.4, -0.2) is 19.1 Å². The summed E-state index contributed by atoms with van der Waals surface area (Å²) in [6.45, 7) is 2.50. The SMILES string of the molecule is Cc1ccc(C=NCCC#N)c(N=CN)c1. The van der Waals surface area contributed by atoms with Crippen molar-refractivity contribution in [2.75, 3.05) is 6.54 Å². The van der Waals surface area contributed by atoms with E-state index in [1.807, 2.05) is 31.2 Å². The Morgan fingerprint density at radius 1 is 1.50 bits per heavy atom. The van der Waals surface area contributed by atoms with E-state index in [9.17, 15) is 0 Å².